The molecule has 0 spiro atoms. The lowest BCUT2D eigenvalue weighted by atomic mass is 10.1. The second-order valence-electron chi connectivity index (χ2n) is 7.67. The van der Waals surface area contributed by atoms with Crippen LogP contribution in [0.4, 0.5) is 11.5 Å². The van der Waals surface area contributed by atoms with Crippen LogP contribution in [0.5, 0.6) is 11.5 Å². The van der Waals surface area contributed by atoms with E-state index in [9.17, 15) is 4.79 Å². The van der Waals surface area contributed by atoms with Gasteiger partial charge in [0.05, 0.1) is 0 Å². The minimum Gasteiger partial charge on any atom is -0.486 e. The van der Waals surface area contributed by atoms with Crippen LogP contribution in [-0.4, -0.2) is 42.2 Å². The van der Waals surface area contributed by atoms with E-state index >= 15 is 0 Å². The Balaban J connectivity index is 1.33. The fourth-order valence-electron chi connectivity index (χ4n) is 3.98. The average molecular weight is 416 g/mol. The molecule has 1 saturated heterocycles. The maximum Gasteiger partial charge on any atom is 0.255 e. The number of piperidine rings is 1. The highest BCUT2D eigenvalue weighted by Gasteiger charge is 2.18. The number of rotatable bonds is 4. The number of ether oxygens (including phenoxy) is 2. The number of fused-ring (bicyclic) bond motifs is 1. The van der Waals surface area contributed by atoms with E-state index in [0.717, 1.165) is 30.2 Å². The number of benzene rings is 2. The molecule has 5 rings (SSSR count). The van der Waals surface area contributed by atoms with E-state index in [1.807, 2.05) is 36.4 Å². The van der Waals surface area contributed by atoms with Crippen molar-refractivity contribution >= 4 is 17.4 Å². The molecular formula is C24H24N4O3. The van der Waals surface area contributed by atoms with Crippen molar-refractivity contribution in [2.75, 3.05) is 36.5 Å². The van der Waals surface area contributed by atoms with Crippen molar-refractivity contribution < 1.29 is 14.3 Å². The van der Waals surface area contributed by atoms with Gasteiger partial charge < -0.3 is 19.7 Å². The third-order valence-corrected chi connectivity index (χ3v) is 5.56. The van der Waals surface area contributed by atoms with E-state index in [4.69, 9.17) is 9.47 Å². The summed E-state index contributed by atoms with van der Waals surface area (Å²) in [5.41, 5.74) is 3.04. The topological polar surface area (TPSA) is 76.6 Å². The van der Waals surface area contributed by atoms with E-state index < -0.39 is 0 Å². The fraction of sp³-hybridized carbons (Fsp3) is 0.292. The van der Waals surface area contributed by atoms with Gasteiger partial charge >= 0.3 is 0 Å². The Morgan fingerprint density at radius 2 is 1.61 bits per heavy atom. The van der Waals surface area contributed by atoms with Crippen LogP contribution in [0.3, 0.4) is 0 Å². The van der Waals surface area contributed by atoms with Crippen molar-refractivity contribution in [3.63, 3.8) is 0 Å². The number of hydrogen-bond donors (Lipinski definition) is 1. The maximum absolute atomic E-state index is 12.7. The average Bonchev–Trinajstić information content (AvgIpc) is 2.84. The van der Waals surface area contributed by atoms with Gasteiger partial charge in [0.25, 0.3) is 5.91 Å². The zero-order chi connectivity index (χ0) is 21.0. The fourth-order valence-corrected chi connectivity index (χ4v) is 3.98. The smallest absolute Gasteiger partial charge is 0.255 e. The van der Waals surface area contributed by atoms with Gasteiger partial charge in [-0.05, 0) is 43.5 Å². The number of nitrogens with zero attached hydrogens (tertiary/aromatic N) is 3. The standard InChI is InChI=1S/C24H24N4O3/c29-24(27-19-8-9-20-21(16-19)31-15-14-30-20)18-6-4-17(5-7-18)22-23(26-11-10-25-22)28-12-2-1-3-13-28/h4-11,16H,1-3,12-15H2,(H,27,29). The molecule has 7 heteroatoms. The number of carbonyl (C=O) groups is 1. The molecule has 0 unspecified atom stereocenters. The second kappa shape index (κ2) is 8.63. The highest BCUT2D eigenvalue weighted by molar-refractivity contribution is 6.04. The zero-order valence-corrected chi connectivity index (χ0v) is 17.2. The first-order valence-corrected chi connectivity index (χ1v) is 10.7. The van der Waals surface area contributed by atoms with Gasteiger partial charge in [0.1, 0.15) is 18.9 Å². The van der Waals surface area contributed by atoms with Crippen LogP contribution in [0.15, 0.2) is 54.9 Å². The molecule has 31 heavy (non-hydrogen) atoms. The van der Waals surface area contributed by atoms with Gasteiger partial charge in [-0.3, -0.25) is 9.78 Å². The Morgan fingerprint density at radius 3 is 2.42 bits per heavy atom. The van der Waals surface area contributed by atoms with E-state index in [-0.39, 0.29) is 5.91 Å². The lowest BCUT2D eigenvalue weighted by Crippen LogP contribution is -2.30. The van der Waals surface area contributed by atoms with Gasteiger partial charge in [0, 0.05) is 48.4 Å². The summed E-state index contributed by atoms with van der Waals surface area (Å²) in [6, 6.07) is 12.9. The van der Waals surface area contributed by atoms with Crippen molar-refractivity contribution in [1.82, 2.24) is 9.97 Å². The van der Waals surface area contributed by atoms with E-state index in [2.05, 4.69) is 20.2 Å². The molecule has 3 heterocycles. The van der Waals surface area contributed by atoms with Crippen molar-refractivity contribution in [2.24, 2.45) is 0 Å². The molecule has 0 atom stereocenters. The van der Waals surface area contributed by atoms with Crippen LogP contribution in [0.1, 0.15) is 29.6 Å². The number of aromatic nitrogens is 2. The quantitative estimate of drug-likeness (QED) is 0.688. The third kappa shape index (κ3) is 4.17. The molecule has 7 nitrogen and oxygen atoms in total. The molecular weight excluding hydrogens is 392 g/mol. The molecule has 0 bridgehead atoms. The van der Waals surface area contributed by atoms with Crippen molar-refractivity contribution in [3.05, 3.63) is 60.4 Å². The van der Waals surface area contributed by atoms with Crippen LogP contribution in [0.25, 0.3) is 11.3 Å². The minimum atomic E-state index is -0.182. The van der Waals surface area contributed by atoms with Crippen molar-refractivity contribution in [2.45, 2.75) is 19.3 Å². The summed E-state index contributed by atoms with van der Waals surface area (Å²) in [4.78, 5) is 24.2. The van der Waals surface area contributed by atoms with E-state index in [1.165, 1.54) is 19.3 Å². The highest BCUT2D eigenvalue weighted by atomic mass is 16.6. The number of carbonyl (C=O) groups excluding carboxylic acids is 1. The minimum absolute atomic E-state index is 0.182. The number of nitrogens with one attached hydrogen (secondary N) is 1. The molecule has 1 N–H and O–H groups in total. The third-order valence-electron chi connectivity index (χ3n) is 5.56. The number of amides is 1. The second-order valence-corrected chi connectivity index (χ2v) is 7.67. The Hall–Kier alpha value is -3.61. The monoisotopic (exact) mass is 416 g/mol. The lowest BCUT2D eigenvalue weighted by Gasteiger charge is -2.28. The summed E-state index contributed by atoms with van der Waals surface area (Å²) < 4.78 is 11.1. The molecule has 1 fully saturated rings. The molecule has 2 aliphatic rings. The molecule has 0 aliphatic carbocycles. The first kappa shape index (κ1) is 19.4. The summed E-state index contributed by atoms with van der Waals surface area (Å²) in [6.45, 7) is 3.05. The van der Waals surface area contributed by atoms with Crippen LogP contribution in [0, 0.1) is 0 Å². The molecule has 1 amide bonds. The van der Waals surface area contributed by atoms with Gasteiger partial charge in [-0.25, -0.2) is 4.98 Å². The Labute approximate surface area is 181 Å². The molecule has 0 radical (unpaired) electrons. The van der Waals surface area contributed by atoms with Crippen LogP contribution in [-0.2, 0) is 0 Å². The summed E-state index contributed by atoms with van der Waals surface area (Å²) in [7, 11) is 0. The molecule has 158 valence electrons. The highest BCUT2D eigenvalue weighted by Crippen LogP contribution is 2.33. The van der Waals surface area contributed by atoms with Crippen LogP contribution >= 0.6 is 0 Å². The molecule has 2 aliphatic heterocycles. The van der Waals surface area contributed by atoms with Crippen molar-refractivity contribution in [3.8, 4) is 22.8 Å². The summed E-state index contributed by atoms with van der Waals surface area (Å²) in [5, 5.41) is 2.92. The zero-order valence-electron chi connectivity index (χ0n) is 17.2. The maximum atomic E-state index is 12.7. The Kier molecular flexibility index (Phi) is 5.39. The van der Waals surface area contributed by atoms with E-state index in [0.29, 0.717) is 36.0 Å². The van der Waals surface area contributed by atoms with Gasteiger partial charge in [0.15, 0.2) is 17.3 Å². The first-order chi connectivity index (χ1) is 15.3. The molecule has 2 aromatic carbocycles. The van der Waals surface area contributed by atoms with Crippen LogP contribution in [0.2, 0.25) is 0 Å². The summed E-state index contributed by atoms with van der Waals surface area (Å²) in [6.07, 6.45) is 7.07. The first-order valence-electron chi connectivity index (χ1n) is 10.7. The Morgan fingerprint density at radius 1 is 0.871 bits per heavy atom. The van der Waals surface area contributed by atoms with Gasteiger partial charge in [0.2, 0.25) is 0 Å². The van der Waals surface area contributed by atoms with Crippen molar-refractivity contribution in [1.29, 1.82) is 0 Å². The summed E-state index contributed by atoms with van der Waals surface area (Å²) >= 11 is 0. The normalized spacial score (nSPS) is 15.4. The van der Waals surface area contributed by atoms with Crippen LogP contribution < -0.4 is 19.7 Å². The van der Waals surface area contributed by atoms with Gasteiger partial charge in [-0.15, -0.1) is 0 Å². The number of anilines is 2. The molecule has 0 saturated carbocycles. The lowest BCUT2D eigenvalue weighted by molar-refractivity contribution is 0.102. The SMILES string of the molecule is O=C(Nc1ccc2c(c1)OCCO2)c1ccc(-c2nccnc2N2CCCCC2)cc1. The number of hydrogen-bond acceptors (Lipinski definition) is 6. The summed E-state index contributed by atoms with van der Waals surface area (Å²) in [5.74, 6) is 2.07. The predicted molar refractivity (Wildman–Crippen MR) is 119 cm³/mol. The Bertz CT molecular complexity index is 1080. The molecule has 1 aromatic heterocycles. The molecule has 3 aromatic rings. The van der Waals surface area contributed by atoms with Gasteiger partial charge in [-0.1, -0.05) is 12.1 Å². The predicted octanol–water partition coefficient (Wildman–Crippen LogP) is 4.16. The van der Waals surface area contributed by atoms with Gasteiger partial charge in [-0.2, -0.15) is 0 Å². The largest absolute Gasteiger partial charge is 0.486 e. The van der Waals surface area contributed by atoms with E-state index in [1.54, 1.807) is 18.5 Å².